The van der Waals surface area contributed by atoms with Gasteiger partial charge in [0.15, 0.2) is 5.78 Å². The number of thioether (sulfide) groups is 1. The molecule has 5 nitrogen and oxygen atoms in total. The van der Waals surface area contributed by atoms with E-state index in [4.69, 9.17) is 23.2 Å². The van der Waals surface area contributed by atoms with Crippen LogP contribution in [-0.4, -0.2) is 23.4 Å². The maximum Gasteiger partial charge on any atom is 0.272 e. The number of carbonyl (C=O) groups is 3. The Morgan fingerprint density at radius 2 is 1.59 bits per heavy atom. The molecule has 0 spiro atoms. The maximum absolute atomic E-state index is 13.4. The predicted molar refractivity (Wildman–Crippen MR) is 169 cm³/mol. The van der Waals surface area contributed by atoms with Crippen LogP contribution in [-0.2, 0) is 4.79 Å². The lowest BCUT2D eigenvalue weighted by atomic mass is 10.0. The molecule has 4 aromatic rings. The van der Waals surface area contributed by atoms with Gasteiger partial charge in [0.05, 0.1) is 10.8 Å². The number of ketones is 1. The summed E-state index contributed by atoms with van der Waals surface area (Å²) in [7, 11) is 0. The molecule has 0 saturated carbocycles. The number of hydrogen-bond acceptors (Lipinski definition) is 4. The first kappa shape index (κ1) is 30.1. The Labute approximate surface area is 254 Å². The largest absolute Gasteiger partial charge is 0.321 e. The minimum Gasteiger partial charge on any atom is -0.321 e. The first-order valence-corrected chi connectivity index (χ1v) is 14.6. The summed E-state index contributed by atoms with van der Waals surface area (Å²) in [5, 5.41) is 6.39. The van der Waals surface area contributed by atoms with Crippen molar-refractivity contribution in [3.05, 3.63) is 135 Å². The molecule has 0 aromatic heterocycles. The van der Waals surface area contributed by atoms with Gasteiger partial charge in [0.2, 0.25) is 0 Å². The molecule has 41 heavy (non-hydrogen) atoms. The summed E-state index contributed by atoms with van der Waals surface area (Å²) in [5.41, 5.74) is 3.40. The number of benzene rings is 4. The lowest BCUT2D eigenvalue weighted by molar-refractivity contribution is -0.113. The predicted octanol–water partition coefficient (Wildman–Crippen LogP) is 8.50. The third-order valence-corrected chi connectivity index (χ3v) is 7.68. The van der Waals surface area contributed by atoms with Crippen molar-refractivity contribution in [2.75, 3.05) is 11.1 Å². The van der Waals surface area contributed by atoms with Crippen molar-refractivity contribution in [1.29, 1.82) is 0 Å². The van der Waals surface area contributed by atoms with Gasteiger partial charge in [-0.3, -0.25) is 14.4 Å². The zero-order chi connectivity index (χ0) is 29.4. The summed E-state index contributed by atoms with van der Waals surface area (Å²) >= 11 is 13.4. The van der Waals surface area contributed by atoms with E-state index in [0.29, 0.717) is 32.8 Å². The summed E-state index contributed by atoms with van der Waals surface area (Å²) < 4.78 is 0. The van der Waals surface area contributed by atoms with Crippen LogP contribution >= 0.6 is 35.0 Å². The molecule has 0 heterocycles. The number of halogens is 2. The van der Waals surface area contributed by atoms with Gasteiger partial charge in [-0.25, -0.2) is 0 Å². The van der Waals surface area contributed by atoms with E-state index in [9.17, 15) is 14.4 Å². The third-order valence-electron chi connectivity index (χ3n) is 6.14. The lowest BCUT2D eigenvalue weighted by Gasteiger charge is -2.13. The minimum absolute atomic E-state index is 0.0989. The van der Waals surface area contributed by atoms with Gasteiger partial charge in [-0.2, -0.15) is 0 Å². The second-order valence-electron chi connectivity index (χ2n) is 9.52. The molecule has 2 N–H and O–H groups in total. The van der Waals surface area contributed by atoms with Crippen molar-refractivity contribution < 1.29 is 14.4 Å². The van der Waals surface area contributed by atoms with Crippen LogP contribution in [0.25, 0.3) is 6.08 Å². The molecule has 8 heteroatoms. The average Bonchev–Trinajstić information content (AvgIpc) is 2.96. The zero-order valence-corrected chi connectivity index (χ0v) is 24.8. The molecule has 4 rings (SSSR count). The number of hydrogen-bond donors (Lipinski definition) is 2. The Balaban J connectivity index is 1.50. The SMILES string of the molecule is CC(C)c1ccc(/C=C(\NC(=O)c2ccccc2)C(=O)Nc2cccc(SCC(=O)c3ccc(Cl)cc3Cl)c2)cc1. The molecule has 0 saturated heterocycles. The van der Waals surface area contributed by atoms with E-state index in [-0.39, 0.29) is 17.2 Å². The molecular formula is C33H28Cl2N2O3S. The highest BCUT2D eigenvalue weighted by Gasteiger charge is 2.16. The van der Waals surface area contributed by atoms with Crippen LogP contribution in [0.5, 0.6) is 0 Å². The molecule has 0 unspecified atom stereocenters. The van der Waals surface area contributed by atoms with Gasteiger partial charge in [-0.15, -0.1) is 11.8 Å². The Bertz CT molecular complexity index is 1590. The standard InChI is InChI=1S/C33H28Cl2N2O3S/c1-21(2)23-13-11-22(12-14-23)17-30(37-32(39)24-7-4-3-5-8-24)33(40)36-26-9-6-10-27(19-26)41-20-31(38)28-16-15-25(34)18-29(28)35/h3-19,21H,20H2,1-2H3,(H,36,40)(H,37,39)/b30-17-. The van der Waals surface area contributed by atoms with Crippen LogP contribution in [0.2, 0.25) is 10.0 Å². The lowest BCUT2D eigenvalue weighted by Crippen LogP contribution is -2.30. The third kappa shape index (κ3) is 8.57. The fraction of sp³-hybridized carbons (Fsp3) is 0.121. The highest BCUT2D eigenvalue weighted by atomic mass is 35.5. The topological polar surface area (TPSA) is 75.3 Å². The van der Waals surface area contributed by atoms with Gasteiger partial charge < -0.3 is 10.6 Å². The average molecular weight is 604 g/mol. The summed E-state index contributed by atoms with van der Waals surface area (Å²) in [6.45, 7) is 4.22. The van der Waals surface area contributed by atoms with Crippen molar-refractivity contribution in [3.8, 4) is 0 Å². The molecule has 0 aliphatic carbocycles. The monoisotopic (exact) mass is 602 g/mol. The molecule has 0 aliphatic rings. The van der Waals surface area contributed by atoms with E-state index in [1.165, 1.54) is 23.4 Å². The van der Waals surface area contributed by atoms with E-state index in [0.717, 1.165) is 10.5 Å². The number of carbonyl (C=O) groups excluding carboxylic acids is 3. The molecule has 2 amide bonds. The maximum atomic E-state index is 13.4. The molecule has 4 aromatic carbocycles. The number of anilines is 1. The Hall–Kier alpha value is -3.84. The number of Topliss-reactive ketones (excluding diaryl/α,β-unsaturated/α-hetero) is 1. The second kappa shape index (κ2) is 14.2. The molecule has 0 atom stereocenters. The number of amides is 2. The zero-order valence-electron chi connectivity index (χ0n) is 22.5. The summed E-state index contributed by atoms with van der Waals surface area (Å²) in [5.74, 6) is -0.479. The molecule has 0 bridgehead atoms. The van der Waals surface area contributed by atoms with E-state index in [2.05, 4.69) is 24.5 Å². The van der Waals surface area contributed by atoms with Crippen LogP contribution < -0.4 is 10.6 Å². The van der Waals surface area contributed by atoms with Crippen molar-refractivity contribution in [2.45, 2.75) is 24.7 Å². The summed E-state index contributed by atoms with van der Waals surface area (Å²) in [6.07, 6.45) is 1.65. The van der Waals surface area contributed by atoms with Gasteiger partial charge in [0.25, 0.3) is 11.8 Å². The Kier molecular flexibility index (Phi) is 10.4. The van der Waals surface area contributed by atoms with Crippen LogP contribution in [0.1, 0.15) is 51.6 Å². The fourth-order valence-electron chi connectivity index (χ4n) is 3.89. The van der Waals surface area contributed by atoms with Crippen LogP contribution in [0.15, 0.2) is 108 Å². The Morgan fingerprint density at radius 3 is 2.27 bits per heavy atom. The second-order valence-corrected chi connectivity index (χ2v) is 11.4. The van der Waals surface area contributed by atoms with Crippen molar-refractivity contribution in [3.63, 3.8) is 0 Å². The summed E-state index contributed by atoms with van der Waals surface area (Å²) in [6, 6.07) is 28.5. The number of rotatable bonds is 10. The van der Waals surface area contributed by atoms with Gasteiger partial charge in [0, 0.05) is 26.7 Å². The van der Waals surface area contributed by atoms with Gasteiger partial charge in [0.1, 0.15) is 5.70 Å². The van der Waals surface area contributed by atoms with Crippen molar-refractivity contribution in [1.82, 2.24) is 5.32 Å². The highest BCUT2D eigenvalue weighted by Crippen LogP contribution is 2.26. The van der Waals surface area contributed by atoms with Gasteiger partial charge in [-0.05, 0) is 71.7 Å². The van der Waals surface area contributed by atoms with Gasteiger partial charge >= 0.3 is 0 Å². The van der Waals surface area contributed by atoms with Crippen molar-refractivity contribution >= 4 is 64.3 Å². The first-order valence-electron chi connectivity index (χ1n) is 12.9. The van der Waals surface area contributed by atoms with E-state index in [1.807, 2.05) is 36.4 Å². The van der Waals surface area contributed by atoms with Gasteiger partial charge in [-0.1, -0.05) is 85.6 Å². The van der Waals surface area contributed by atoms with Crippen LogP contribution in [0.4, 0.5) is 5.69 Å². The molecular weight excluding hydrogens is 575 g/mol. The normalized spacial score (nSPS) is 11.3. The molecule has 0 fully saturated rings. The smallest absolute Gasteiger partial charge is 0.272 e. The van der Waals surface area contributed by atoms with E-state index in [1.54, 1.807) is 60.7 Å². The minimum atomic E-state index is -0.478. The molecule has 208 valence electrons. The van der Waals surface area contributed by atoms with Crippen LogP contribution in [0, 0.1) is 0 Å². The van der Waals surface area contributed by atoms with E-state index >= 15 is 0 Å². The van der Waals surface area contributed by atoms with Crippen LogP contribution in [0.3, 0.4) is 0 Å². The Morgan fingerprint density at radius 1 is 0.854 bits per heavy atom. The highest BCUT2D eigenvalue weighted by molar-refractivity contribution is 8.00. The first-order chi connectivity index (χ1) is 19.7. The molecule has 0 aliphatic heterocycles. The van der Waals surface area contributed by atoms with Crippen molar-refractivity contribution in [2.24, 2.45) is 0 Å². The van der Waals surface area contributed by atoms with E-state index < -0.39 is 11.8 Å². The fourth-order valence-corrected chi connectivity index (χ4v) is 5.24. The number of nitrogens with one attached hydrogen (secondary N) is 2. The molecule has 0 radical (unpaired) electrons. The quantitative estimate of drug-likeness (QED) is 0.108. The summed E-state index contributed by atoms with van der Waals surface area (Å²) in [4.78, 5) is 39.8.